The molecule has 5 nitrogen and oxygen atoms in total. The molecule has 0 radical (unpaired) electrons. The highest BCUT2D eigenvalue weighted by Crippen LogP contribution is 2.26. The number of amides is 1. The highest BCUT2D eigenvalue weighted by atomic mass is 79.9. The van der Waals surface area contributed by atoms with E-state index in [1.54, 1.807) is 31.4 Å². The van der Waals surface area contributed by atoms with Gasteiger partial charge < -0.3 is 11.1 Å². The molecule has 2 rings (SSSR count). The van der Waals surface area contributed by atoms with Crippen LogP contribution < -0.4 is 11.1 Å². The van der Waals surface area contributed by atoms with Crippen molar-refractivity contribution in [3.05, 3.63) is 39.6 Å². The average Bonchev–Trinajstić information content (AvgIpc) is 2.63. The predicted molar refractivity (Wildman–Crippen MR) is 74.7 cm³/mol. The Hall–Kier alpha value is -1.53. The first-order valence-electron chi connectivity index (χ1n) is 5.03. The minimum Gasteiger partial charge on any atom is -0.396 e. The minimum absolute atomic E-state index is 0.175. The maximum Gasteiger partial charge on any atom is 0.278 e. The number of aryl methyl sites for hydroxylation is 1. The summed E-state index contributed by atoms with van der Waals surface area (Å²) < 4.78 is 2.29. The van der Waals surface area contributed by atoms with Gasteiger partial charge in [0.2, 0.25) is 0 Å². The number of nitrogens with zero attached hydrogens (tertiary/aromatic N) is 2. The summed E-state index contributed by atoms with van der Waals surface area (Å²) >= 11 is 9.29. The number of anilines is 2. The fourth-order valence-corrected chi connectivity index (χ4v) is 1.98. The van der Waals surface area contributed by atoms with E-state index in [9.17, 15) is 4.79 Å². The van der Waals surface area contributed by atoms with Crippen LogP contribution in [0.3, 0.4) is 0 Å². The molecule has 1 heterocycles. The van der Waals surface area contributed by atoms with Crippen LogP contribution in [0.2, 0.25) is 5.02 Å². The third kappa shape index (κ3) is 2.65. The Bertz CT molecular complexity index is 611. The van der Waals surface area contributed by atoms with Crippen molar-refractivity contribution in [3.8, 4) is 0 Å². The molecule has 1 amide bonds. The van der Waals surface area contributed by atoms with Crippen molar-refractivity contribution in [1.82, 2.24) is 9.78 Å². The monoisotopic (exact) mass is 328 g/mol. The van der Waals surface area contributed by atoms with Crippen LogP contribution in [0, 0.1) is 0 Å². The molecule has 0 aliphatic rings. The number of benzene rings is 1. The zero-order valence-electron chi connectivity index (χ0n) is 9.45. The molecule has 0 bridgehead atoms. The van der Waals surface area contributed by atoms with Crippen LogP contribution >= 0.6 is 27.5 Å². The van der Waals surface area contributed by atoms with Crippen molar-refractivity contribution < 1.29 is 4.79 Å². The van der Waals surface area contributed by atoms with Gasteiger partial charge in [-0.25, -0.2) is 0 Å². The van der Waals surface area contributed by atoms with Gasteiger partial charge in [-0.15, -0.1) is 0 Å². The van der Waals surface area contributed by atoms with Crippen molar-refractivity contribution in [3.63, 3.8) is 0 Å². The second kappa shape index (κ2) is 4.99. The Labute approximate surface area is 117 Å². The van der Waals surface area contributed by atoms with E-state index < -0.39 is 5.91 Å². The number of carbonyl (C=O) groups is 1. The van der Waals surface area contributed by atoms with E-state index in [0.29, 0.717) is 16.4 Å². The summed E-state index contributed by atoms with van der Waals surface area (Å²) in [5.74, 6) is -0.395. The van der Waals surface area contributed by atoms with E-state index in [4.69, 9.17) is 17.3 Å². The standard InChI is InChI=1S/C11H10BrClN4O/c1-17-5-8(14)10(16-17)11(18)15-9-4-6(12)2-3-7(9)13/h2-5H,14H2,1H3,(H,15,18). The quantitative estimate of drug-likeness (QED) is 0.889. The molecule has 0 aliphatic carbocycles. The van der Waals surface area contributed by atoms with Gasteiger partial charge in [0.25, 0.3) is 5.91 Å². The molecular weight excluding hydrogens is 320 g/mol. The number of nitrogen functional groups attached to an aromatic ring is 1. The first-order chi connectivity index (χ1) is 8.47. The molecule has 94 valence electrons. The fraction of sp³-hybridized carbons (Fsp3) is 0.0909. The Morgan fingerprint density at radius 2 is 2.28 bits per heavy atom. The van der Waals surface area contributed by atoms with Gasteiger partial charge >= 0.3 is 0 Å². The summed E-state index contributed by atoms with van der Waals surface area (Å²) in [6.45, 7) is 0. The number of nitrogens with one attached hydrogen (secondary N) is 1. The molecule has 7 heteroatoms. The van der Waals surface area contributed by atoms with Crippen LogP contribution in [0.25, 0.3) is 0 Å². The van der Waals surface area contributed by atoms with Gasteiger partial charge in [0.05, 0.1) is 16.4 Å². The van der Waals surface area contributed by atoms with E-state index in [0.717, 1.165) is 4.47 Å². The number of nitrogens with two attached hydrogens (primary N) is 1. The number of halogens is 2. The van der Waals surface area contributed by atoms with Crippen molar-refractivity contribution in [2.24, 2.45) is 7.05 Å². The normalized spacial score (nSPS) is 10.4. The lowest BCUT2D eigenvalue weighted by atomic mass is 10.3. The molecule has 18 heavy (non-hydrogen) atoms. The van der Waals surface area contributed by atoms with Crippen LogP contribution in [0.5, 0.6) is 0 Å². The molecule has 0 spiro atoms. The second-order valence-corrected chi connectivity index (χ2v) is 5.01. The smallest absolute Gasteiger partial charge is 0.278 e. The molecule has 2 aromatic rings. The zero-order valence-corrected chi connectivity index (χ0v) is 11.8. The number of rotatable bonds is 2. The zero-order chi connectivity index (χ0) is 13.3. The van der Waals surface area contributed by atoms with Crippen molar-refractivity contribution >= 4 is 44.8 Å². The van der Waals surface area contributed by atoms with Crippen LogP contribution in [0.1, 0.15) is 10.5 Å². The topological polar surface area (TPSA) is 72.9 Å². The SMILES string of the molecule is Cn1cc(N)c(C(=O)Nc2cc(Br)ccc2Cl)n1. The summed E-state index contributed by atoms with van der Waals surface area (Å²) in [5, 5.41) is 7.09. The summed E-state index contributed by atoms with van der Waals surface area (Å²) in [4.78, 5) is 12.0. The van der Waals surface area contributed by atoms with Gasteiger partial charge in [-0.1, -0.05) is 27.5 Å². The minimum atomic E-state index is -0.395. The van der Waals surface area contributed by atoms with E-state index in [-0.39, 0.29) is 5.69 Å². The van der Waals surface area contributed by atoms with E-state index in [2.05, 4.69) is 26.3 Å². The molecule has 0 atom stereocenters. The summed E-state index contributed by atoms with van der Waals surface area (Å²) in [6, 6.07) is 5.18. The fourth-order valence-electron chi connectivity index (χ4n) is 1.46. The van der Waals surface area contributed by atoms with Gasteiger partial charge in [-0.05, 0) is 18.2 Å². The van der Waals surface area contributed by atoms with Crippen LogP contribution in [0.15, 0.2) is 28.9 Å². The number of aromatic nitrogens is 2. The van der Waals surface area contributed by atoms with Gasteiger partial charge in [0, 0.05) is 17.7 Å². The number of hydrogen-bond donors (Lipinski definition) is 2. The van der Waals surface area contributed by atoms with Gasteiger partial charge in [-0.3, -0.25) is 9.48 Å². The van der Waals surface area contributed by atoms with Crippen LogP contribution in [0.4, 0.5) is 11.4 Å². The van der Waals surface area contributed by atoms with E-state index >= 15 is 0 Å². The Morgan fingerprint density at radius 1 is 1.56 bits per heavy atom. The largest absolute Gasteiger partial charge is 0.396 e. The van der Waals surface area contributed by atoms with E-state index in [1.165, 1.54) is 4.68 Å². The maximum absolute atomic E-state index is 12.0. The van der Waals surface area contributed by atoms with Crippen molar-refractivity contribution in [2.75, 3.05) is 11.1 Å². The van der Waals surface area contributed by atoms with E-state index in [1.807, 2.05) is 0 Å². The molecule has 0 fully saturated rings. The Kier molecular flexibility index (Phi) is 3.58. The lowest BCUT2D eigenvalue weighted by Crippen LogP contribution is -2.14. The molecule has 1 aromatic heterocycles. The van der Waals surface area contributed by atoms with Crippen molar-refractivity contribution in [2.45, 2.75) is 0 Å². The predicted octanol–water partition coefficient (Wildman–Crippen LogP) is 2.67. The Balaban J connectivity index is 2.26. The van der Waals surface area contributed by atoms with Gasteiger partial charge in [-0.2, -0.15) is 5.10 Å². The highest BCUT2D eigenvalue weighted by Gasteiger charge is 2.15. The summed E-state index contributed by atoms with van der Waals surface area (Å²) in [6.07, 6.45) is 1.57. The molecule has 0 saturated heterocycles. The van der Waals surface area contributed by atoms with Crippen molar-refractivity contribution in [1.29, 1.82) is 0 Å². The highest BCUT2D eigenvalue weighted by molar-refractivity contribution is 9.10. The lowest BCUT2D eigenvalue weighted by Gasteiger charge is -2.06. The first kappa shape index (κ1) is 12.9. The van der Waals surface area contributed by atoms with Gasteiger partial charge in [0.15, 0.2) is 5.69 Å². The number of hydrogen-bond acceptors (Lipinski definition) is 3. The van der Waals surface area contributed by atoms with Crippen LogP contribution in [-0.4, -0.2) is 15.7 Å². The Morgan fingerprint density at radius 3 is 2.89 bits per heavy atom. The summed E-state index contributed by atoms with van der Waals surface area (Å²) in [5.41, 5.74) is 6.67. The second-order valence-electron chi connectivity index (χ2n) is 3.69. The third-order valence-electron chi connectivity index (χ3n) is 2.25. The summed E-state index contributed by atoms with van der Waals surface area (Å²) in [7, 11) is 1.69. The molecule has 0 aliphatic heterocycles. The van der Waals surface area contributed by atoms with Gasteiger partial charge in [0.1, 0.15) is 0 Å². The average molecular weight is 330 g/mol. The van der Waals surface area contributed by atoms with Crippen LogP contribution in [-0.2, 0) is 7.05 Å². The maximum atomic E-state index is 12.0. The first-order valence-corrected chi connectivity index (χ1v) is 6.20. The molecule has 0 saturated carbocycles. The molecule has 3 N–H and O–H groups in total. The molecule has 0 unspecified atom stereocenters. The third-order valence-corrected chi connectivity index (χ3v) is 3.07. The molecule has 1 aromatic carbocycles. The lowest BCUT2D eigenvalue weighted by molar-refractivity contribution is 0.102. The number of carbonyl (C=O) groups excluding carboxylic acids is 1. The molecular formula is C11H10BrClN4O.